The molecule has 0 atom stereocenters. The van der Waals surface area contributed by atoms with Crippen molar-refractivity contribution in [3.8, 4) is 0 Å². The summed E-state index contributed by atoms with van der Waals surface area (Å²) < 4.78 is 2.77. The second kappa shape index (κ2) is 6.00. The molecule has 2 aromatic heterocycles. The lowest BCUT2D eigenvalue weighted by Gasteiger charge is -2.06. The molecule has 0 saturated heterocycles. The number of hydrogen-bond acceptors (Lipinski definition) is 2. The lowest BCUT2D eigenvalue weighted by atomic mass is 10.2. The highest BCUT2D eigenvalue weighted by Crippen LogP contribution is 2.16. The molecule has 0 saturated carbocycles. The number of aromatic nitrogens is 2. The van der Waals surface area contributed by atoms with Crippen molar-refractivity contribution in [3.05, 3.63) is 29.1 Å². The monoisotopic (exact) mass is 309 g/mol. The summed E-state index contributed by atoms with van der Waals surface area (Å²) in [5.74, 6) is 0.0686. The molecule has 2 rings (SSSR count). The number of unbranched alkanes of at least 4 members (excludes halogenated alkanes) is 2. The fourth-order valence-electron chi connectivity index (χ4n) is 1.78. The van der Waals surface area contributed by atoms with Gasteiger partial charge in [0.1, 0.15) is 10.3 Å². The summed E-state index contributed by atoms with van der Waals surface area (Å²) in [5.41, 5.74) is 1.65. The fourth-order valence-corrected chi connectivity index (χ4v) is 2.17. The van der Waals surface area contributed by atoms with Gasteiger partial charge in [0.15, 0.2) is 0 Å². The second-order valence-corrected chi connectivity index (χ2v) is 5.04. The molecule has 5 heteroatoms. The van der Waals surface area contributed by atoms with E-state index in [0.717, 1.165) is 35.2 Å². The van der Waals surface area contributed by atoms with Gasteiger partial charge in [0.05, 0.1) is 11.9 Å². The third kappa shape index (κ3) is 3.10. The van der Waals surface area contributed by atoms with Crippen LogP contribution in [0.3, 0.4) is 0 Å². The third-order valence-electron chi connectivity index (χ3n) is 2.75. The van der Waals surface area contributed by atoms with Crippen LogP contribution in [0.1, 0.15) is 32.6 Å². The predicted molar refractivity (Wildman–Crippen MR) is 75.7 cm³/mol. The Morgan fingerprint density at radius 1 is 1.44 bits per heavy atom. The van der Waals surface area contributed by atoms with E-state index in [1.807, 2.05) is 22.7 Å². The smallest absolute Gasteiger partial charge is 0.224 e. The number of imidazole rings is 1. The number of anilines is 1. The van der Waals surface area contributed by atoms with Crippen LogP contribution < -0.4 is 5.32 Å². The number of hydrogen-bond donors (Lipinski definition) is 1. The van der Waals surface area contributed by atoms with E-state index in [2.05, 4.69) is 33.2 Å². The van der Waals surface area contributed by atoms with Crippen molar-refractivity contribution < 1.29 is 4.79 Å². The van der Waals surface area contributed by atoms with Gasteiger partial charge in [-0.05, 0) is 34.5 Å². The second-order valence-electron chi connectivity index (χ2n) is 4.23. The maximum absolute atomic E-state index is 11.7. The van der Waals surface area contributed by atoms with Gasteiger partial charge in [-0.25, -0.2) is 4.98 Å². The predicted octanol–water partition coefficient (Wildman–Crippen LogP) is 3.62. The first-order chi connectivity index (χ1) is 8.70. The number of nitrogens with one attached hydrogen (secondary N) is 1. The number of halogens is 1. The number of pyridine rings is 1. The first-order valence-electron chi connectivity index (χ1n) is 6.13. The Labute approximate surface area is 115 Å². The van der Waals surface area contributed by atoms with Crippen molar-refractivity contribution >= 4 is 33.2 Å². The van der Waals surface area contributed by atoms with Crippen molar-refractivity contribution in [1.82, 2.24) is 9.38 Å². The van der Waals surface area contributed by atoms with Crippen LogP contribution in [-0.2, 0) is 4.79 Å². The van der Waals surface area contributed by atoms with Crippen LogP contribution >= 0.6 is 15.9 Å². The Morgan fingerprint density at radius 3 is 3.06 bits per heavy atom. The quantitative estimate of drug-likeness (QED) is 0.858. The molecule has 2 heterocycles. The van der Waals surface area contributed by atoms with E-state index >= 15 is 0 Å². The summed E-state index contributed by atoms with van der Waals surface area (Å²) in [4.78, 5) is 15.9. The minimum absolute atomic E-state index is 0.0686. The van der Waals surface area contributed by atoms with Gasteiger partial charge in [0.25, 0.3) is 0 Å². The van der Waals surface area contributed by atoms with E-state index < -0.39 is 0 Å². The zero-order chi connectivity index (χ0) is 13.0. The summed E-state index contributed by atoms with van der Waals surface area (Å²) in [6, 6.07) is 3.75. The summed E-state index contributed by atoms with van der Waals surface area (Å²) in [5, 5.41) is 2.90. The number of amides is 1. The van der Waals surface area contributed by atoms with E-state index in [1.54, 1.807) is 6.20 Å². The van der Waals surface area contributed by atoms with Crippen molar-refractivity contribution in [2.24, 2.45) is 0 Å². The van der Waals surface area contributed by atoms with Crippen LogP contribution in [-0.4, -0.2) is 15.3 Å². The standard InChI is InChI=1S/C13H16BrN3O/c1-2-3-4-5-13(18)16-10-6-7-12-15-8-11(14)17(12)9-10/h6-9H,2-5H2,1H3,(H,16,18). The van der Waals surface area contributed by atoms with Gasteiger partial charge >= 0.3 is 0 Å². The number of fused-ring (bicyclic) bond motifs is 1. The molecule has 0 unspecified atom stereocenters. The highest BCUT2D eigenvalue weighted by atomic mass is 79.9. The van der Waals surface area contributed by atoms with E-state index in [0.29, 0.717) is 6.42 Å². The minimum atomic E-state index is 0.0686. The Morgan fingerprint density at radius 2 is 2.28 bits per heavy atom. The van der Waals surface area contributed by atoms with Gasteiger partial charge in [-0.15, -0.1) is 0 Å². The number of rotatable bonds is 5. The lowest BCUT2D eigenvalue weighted by molar-refractivity contribution is -0.116. The molecule has 0 aliphatic carbocycles. The number of carbonyl (C=O) groups excluding carboxylic acids is 1. The molecule has 96 valence electrons. The van der Waals surface area contributed by atoms with E-state index in [1.165, 1.54) is 0 Å². The lowest BCUT2D eigenvalue weighted by Crippen LogP contribution is -2.11. The highest BCUT2D eigenvalue weighted by molar-refractivity contribution is 9.10. The molecule has 0 radical (unpaired) electrons. The highest BCUT2D eigenvalue weighted by Gasteiger charge is 2.04. The van der Waals surface area contributed by atoms with Crippen molar-refractivity contribution in [2.45, 2.75) is 32.6 Å². The largest absolute Gasteiger partial charge is 0.325 e. The normalized spacial score (nSPS) is 10.8. The molecule has 0 aromatic carbocycles. The third-order valence-corrected chi connectivity index (χ3v) is 3.34. The molecule has 0 aliphatic heterocycles. The van der Waals surface area contributed by atoms with Gasteiger partial charge < -0.3 is 5.32 Å². The molecule has 0 bridgehead atoms. The molecule has 0 aliphatic rings. The summed E-state index contributed by atoms with van der Waals surface area (Å²) in [7, 11) is 0. The van der Waals surface area contributed by atoms with Gasteiger partial charge in [-0.2, -0.15) is 0 Å². The molecule has 1 N–H and O–H groups in total. The zero-order valence-electron chi connectivity index (χ0n) is 10.3. The Bertz CT molecular complexity index is 550. The molecule has 1 amide bonds. The summed E-state index contributed by atoms with van der Waals surface area (Å²) >= 11 is 3.41. The molecule has 18 heavy (non-hydrogen) atoms. The van der Waals surface area contributed by atoms with Crippen LogP contribution in [0.5, 0.6) is 0 Å². The Kier molecular flexibility index (Phi) is 4.36. The summed E-state index contributed by atoms with van der Waals surface area (Å²) in [6.07, 6.45) is 7.35. The Balaban J connectivity index is 2.02. The minimum Gasteiger partial charge on any atom is -0.325 e. The number of nitrogens with zero attached hydrogens (tertiary/aromatic N) is 2. The average molecular weight is 310 g/mol. The molecule has 2 aromatic rings. The van der Waals surface area contributed by atoms with Gasteiger partial charge in [-0.1, -0.05) is 19.8 Å². The van der Waals surface area contributed by atoms with Crippen LogP contribution in [0, 0.1) is 0 Å². The van der Waals surface area contributed by atoms with Gasteiger partial charge in [0.2, 0.25) is 5.91 Å². The molecular weight excluding hydrogens is 294 g/mol. The molecule has 4 nitrogen and oxygen atoms in total. The maximum Gasteiger partial charge on any atom is 0.224 e. The first-order valence-corrected chi connectivity index (χ1v) is 6.92. The zero-order valence-corrected chi connectivity index (χ0v) is 11.9. The van der Waals surface area contributed by atoms with Gasteiger partial charge in [0, 0.05) is 12.6 Å². The molecule has 0 fully saturated rings. The first kappa shape index (κ1) is 13.1. The van der Waals surface area contributed by atoms with Crippen molar-refractivity contribution in [2.75, 3.05) is 5.32 Å². The molecular formula is C13H16BrN3O. The average Bonchev–Trinajstić information content (AvgIpc) is 2.71. The van der Waals surface area contributed by atoms with Gasteiger partial charge in [-0.3, -0.25) is 9.20 Å². The van der Waals surface area contributed by atoms with E-state index in [9.17, 15) is 4.79 Å². The van der Waals surface area contributed by atoms with Crippen LogP contribution in [0.25, 0.3) is 5.65 Å². The maximum atomic E-state index is 11.7. The van der Waals surface area contributed by atoms with Crippen molar-refractivity contribution in [1.29, 1.82) is 0 Å². The SMILES string of the molecule is CCCCCC(=O)Nc1ccc2ncc(Br)n2c1. The Hall–Kier alpha value is -1.36. The summed E-state index contributed by atoms with van der Waals surface area (Å²) in [6.45, 7) is 2.13. The van der Waals surface area contributed by atoms with Crippen LogP contribution in [0.15, 0.2) is 29.1 Å². The molecule has 0 spiro atoms. The number of carbonyl (C=O) groups is 1. The van der Waals surface area contributed by atoms with E-state index in [4.69, 9.17) is 0 Å². The van der Waals surface area contributed by atoms with Crippen LogP contribution in [0.2, 0.25) is 0 Å². The fraction of sp³-hybridized carbons (Fsp3) is 0.385. The van der Waals surface area contributed by atoms with Crippen LogP contribution in [0.4, 0.5) is 5.69 Å². The topological polar surface area (TPSA) is 46.4 Å². The van der Waals surface area contributed by atoms with E-state index in [-0.39, 0.29) is 5.91 Å². The van der Waals surface area contributed by atoms with Crippen molar-refractivity contribution in [3.63, 3.8) is 0 Å².